The van der Waals surface area contributed by atoms with E-state index in [9.17, 15) is 9.59 Å². The van der Waals surface area contributed by atoms with E-state index in [4.69, 9.17) is 9.47 Å². The molecule has 1 aromatic heterocycles. The zero-order chi connectivity index (χ0) is 15.3. The molecular weight excluding hydrogens is 278 g/mol. The first kappa shape index (κ1) is 16.7. The second kappa shape index (κ2) is 6.85. The largest absolute Gasteiger partial charge is 0.462 e. The smallest absolute Gasteiger partial charge is 0.341 e. The van der Waals surface area contributed by atoms with Crippen molar-refractivity contribution in [2.75, 3.05) is 19.0 Å². The molecule has 1 heterocycles. The Kier molecular flexibility index (Phi) is 5.71. The van der Waals surface area contributed by atoms with E-state index in [1.165, 1.54) is 18.4 Å². The van der Waals surface area contributed by atoms with Gasteiger partial charge in [0.1, 0.15) is 10.6 Å². The van der Waals surface area contributed by atoms with Crippen molar-refractivity contribution in [3.63, 3.8) is 0 Å². The number of nitrogens with one attached hydrogen (secondary N) is 1. The van der Waals surface area contributed by atoms with E-state index < -0.39 is 11.6 Å². The Labute approximate surface area is 123 Å². The van der Waals surface area contributed by atoms with Crippen LogP contribution >= 0.6 is 11.3 Å². The first-order valence-corrected chi connectivity index (χ1v) is 7.33. The maximum absolute atomic E-state index is 12.3. The molecule has 0 fully saturated rings. The van der Waals surface area contributed by atoms with Gasteiger partial charge in [0.2, 0.25) is 0 Å². The summed E-state index contributed by atoms with van der Waals surface area (Å²) >= 11 is 1.35. The lowest BCUT2D eigenvalue weighted by atomic mass is 10.0. The maximum atomic E-state index is 12.3. The van der Waals surface area contributed by atoms with Gasteiger partial charge in [0, 0.05) is 12.0 Å². The highest BCUT2D eigenvalue weighted by Crippen LogP contribution is 2.29. The van der Waals surface area contributed by atoms with E-state index in [0.717, 1.165) is 4.88 Å². The summed E-state index contributed by atoms with van der Waals surface area (Å²) in [7, 11) is 1.50. The normalized spacial score (nSPS) is 13.7. The molecule has 1 N–H and O–H groups in total. The summed E-state index contributed by atoms with van der Waals surface area (Å²) in [6, 6.07) is 1.72. The van der Waals surface area contributed by atoms with E-state index in [1.54, 1.807) is 19.9 Å². The van der Waals surface area contributed by atoms with Gasteiger partial charge in [-0.05, 0) is 33.3 Å². The molecular formula is C14H21NO4S. The molecule has 0 saturated carbocycles. The molecule has 20 heavy (non-hydrogen) atoms. The molecule has 0 bridgehead atoms. The highest BCUT2D eigenvalue weighted by atomic mass is 32.1. The number of hydrogen-bond acceptors (Lipinski definition) is 5. The van der Waals surface area contributed by atoms with E-state index in [-0.39, 0.29) is 5.91 Å². The predicted molar refractivity (Wildman–Crippen MR) is 79.3 cm³/mol. The summed E-state index contributed by atoms with van der Waals surface area (Å²) in [6.07, 6.45) is 0.536. The fourth-order valence-corrected chi connectivity index (χ4v) is 2.50. The number of anilines is 1. The number of carbonyl (C=O) groups is 2. The van der Waals surface area contributed by atoms with Crippen LogP contribution in [-0.4, -0.2) is 31.2 Å². The lowest BCUT2D eigenvalue weighted by Crippen LogP contribution is -2.41. The van der Waals surface area contributed by atoms with Gasteiger partial charge in [0.05, 0.1) is 12.2 Å². The lowest BCUT2D eigenvalue weighted by molar-refractivity contribution is -0.136. The highest BCUT2D eigenvalue weighted by Gasteiger charge is 2.32. The average Bonchev–Trinajstić information content (AvgIpc) is 2.79. The van der Waals surface area contributed by atoms with Gasteiger partial charge in [-0.25, -0.2) is 4.79 Å². The minimum absolute atomic E-state index is 0.269. The quantitative estimate of drug-likeness (QED) is 0.820. The van der Waals surface area contributed by atoms with Crippen LogP contribution in [0, 0.1) is 6.92 Å². The van der Waals surface area contributed by atoms with Gasteiger partial charge in [-0.2, -0.15) is 0 Å². The highest BCUT2D eigenvalue weighted by molar-refractivity contribution is 7.16. The number of aryl methyl sites for hydroxylation is 1. The molecule has 1 rings (SSSR count). The SMILES string of the molecule is CCOC(=O)c1cc(C)sc1NC(=O)C(C)(CC)OC. The minimum Gasteiger partial charge on any atom is -0.462 e. The van der Waals surface area contributed by atoms with Crippen LogP contribution in [0.1, 0.15) is 42.4 Å². The number of esters is 1. The van der Waals surface area contributed by atoms with Gasteiger partial charge in [0.25, 0.3) is 5.91 Å². The van der Waals surface area contributed by atoms with Gasteiger partial charge in [-0.3, -0.25) is 4.79 Å². The lowest BCUT2D eigenvalue weighted by Gasteiger charge is -2.25. The first-order valence-electron chi connectivity index (χ1n) is 6.52. The Balaban J connectivity index is 2.98. The molecule has 112 valence electrons. The summed E-state index contributed by atoms with van der Waals surface area (Å²) < 4.78 is 10.2. The topological polar surface area (TPSA) is 64.6 Å². The zero-order valence-corrected chi connectivity index (χ0v) is 13.3. The molecule has 1 atom stereocenters. The van der Waals surface area contributed by atoms with Gasteiger partial charge in [-0.1, -0.05) is 6.92 Å². The molecule has 0 aliphatic carbocycles. The third kappa shape index (κ3) is 3.58. The predicted octanol–water partition coefficient (Wildman–Crippen LogP) is 2.99. The molecule has 0 saturated heterocycles. The van der Waals surface area contributed by atoms with E-state index >= 15 is 0 Å². The second-order valence-corrected chi connectivity index (χ2v) is 5.82. The van der Waals surface area contributed by atoms with Gasteiger partial charge in [-0.15, -0.1) is 11.3 Å². The number of hydrogen-bond donors (Lipinski definition) is 1. The summed E-state index contributed by atoms with van der Waals surface area (Å²) in [5.74, 6) is -0.697. The Bertz CT molecular complexity index is 491. The summed E-state index contributed by atoms with van der Waals surface area (Å²) in [6.45, 7) is 7.50. The monoisotopic (exact) mass is 299 g/mol. The Morgan fingerprint density at radius 1 is 1.40 bits per heavy atom. The zero-order valence-electron chi connectivity index (χ0n) is 12.5. The Hall–Kier alpha value is -1.40. The van der Waals surface area contributed by atoms with Crippen molar-refractivity contribution in [3.8, 4) is 0 Å². The molecule has 0 spiro atoms. The van der Waals surface area contributed by atoms with Crippen molar-refractivity contribution < 1.29 is 19.1 Å². The van der Waals surface area contributed by atoms with Crippen LogP contribution in [0.3, 0.4) is 0 Å². The van der Waals surface area contributed by atoms with Crippen LogP contribution in [0.15, 0.2) is 6.07 Å². The number of carbonyl (C=O) groups excluding carboxylic acids is 2. The third-order valence-electron chi connectivity index (χ3n) is 3.18. The van der Waals surface area contributed by atoms with Crippen LogP contribution < -0.4 is 5.32 Å². The maximum Gasteiger partial charge on any atom is 0.341 e. The van der Waals surface area contributed by atoms with Crippen LogP contribution in [0.2, 0.25) is 0 Å². The molecule has 0 aliphatic heterocycles. The first-order chi connectivity index (χ1) is 9.37. The van der Waals surface area contributed by atoms with Crippen molar-refractivity contribution in [1.82, 2.24) is 0 Å². The standard InChI is InChI=1S/C14H21NO4S/c1-6-14(4,18-5)13(17)15-11-10(8-9(3)20-11)12(16)19-7-2/h8H,6-7H2,1-5H3,(H,15,17). The van der Waals surface area contributed by atoms with E-state index in [0.29, 0.717) is 23.6 Å². The number of methoxy groups -OCH3 is 1. The summed E-state index contributed by atoms with van der Waals surface area (Å²) in [5.41, 5.74) is -0.527. The van der Waals surface area contributed by atoms with Crippen molar-refractivity contribution >= 4 is 28.2 Å². The average molecular weight is 299 g/mol. The minimum atomic E-state index is -0.913. The van der Waals surface area contributed by atoms with Crippen LogP contribution in [0.4, 0.5) is 5.00 Å². The van der Waals surface area contributed by atoms with Crippen molar-refractivity contribution in [3.05, 3.63) is 16.5 Å². The number of rotatable bonds is 6. The van der Waals surface area contributed by atoms with Gasteiger partial charge < -0.3 is 14.8 Å². The fourth-order valence-electron chi connectivity index (χ4n) is 1.60. The van der Waals surface area contributed by atoms with E-state index in [1.807, 2.05) is 13.8 Å². The Morgan fingerprint density at radius 2 is 2.05 bits per heavy atom. The van der Waals surface area contributed by atoms with Crippen molar-refractivity contribution in [2.24, 2.45) is 0 Å². The number of ether oxygens (including phenoxy) is 2. The number of amides is 1. The molecule has 1 amide bonds. The second-order valence-electron chi connectivity index (χ2n) is 4.56. The summed E-state index contributed by atoms with van der Waals surface area (Å²) in [5, 5.41) is 3.27. The molecule has 1 unspecified atom stereocenters. The molecule has 0 aromatic carbocycles. The summed E-state index contributed by atoms with van der Waals surface area (Å²) in [4.78, 5) is 25.0. The van der Waals surface area contributed by atoms with Crippen LogP contribution in [0.5, 0.6) is 0 Å². The van der Waals surface area contributed by atoms with Gasteiger partial charge in [0.15, 0.2) is 0 Å². The molecule has 0 aliphatic rings. The molecule has 5 nitrogen and oxygen atoms in total. The number of thiophene rings is 1. The van der Waals surface area contributed by atoms with Crippen LogP contribution in [-0.2, 0) is 14.3 Å². The van der Waals surface area contributed by atoms with Crippen LogP contribution in [0.25, 0.3) is 0 Å². The molecule has 1 aromatic rings. The third-order valence-corrected chi connectivity index (χ3v) is 4.15. The Morgan fingerprint density at radius 3 is 2.55 bits per heavy atom. The van der Waals surface area contributed by atoms with Gasteiger partial charge >= 0.3 is 5.97 Å². The fraction of sp³-hybridized carbons (Fsp3) is 0.571. The molecule has 0 radical (unpaired) electrons. The van der Waals surface area contributed by atoms with Crippen molar-refractivity contribution in [2.45, 2.75) is 39.7 Å². The molecule has 6 heteroatoms. The van der Waals surface area contributed by atoms with E-state index in [2.05, 4.69) is 5.32 Å². The van der Waals surface area contributed by atoms with Crippen molar-refractivity contribution in [1.29, 1.82) is 0 Å².